The lowest BCUT2D eigenvalue weighted by molar-refractivity contribution is 0.374. The minimum atomic E-state index is 0.0553. The van der Waals surface area contributed by atoms with E-state index in [1.807, 2.05) is 12.2 Å². The first-order chi connectivity index (χ1) is 6.73. The van der Waals surface area contributed by atoms with Crippen molar-refractivity contribution >= 4 is 12.6 Å². The molecule has 0 aliphatic carbocycles. The summed E-state index contributed by atoms with van der Waals surface area (Å²) < 4.78 is 0.0553. The maximum atomic E-state index is 4.60. The Kier molecular flexibility index (Phi) is 5.44. The molecule has 0 amide bonds. The summed E-state index contributed by atoms with van der Waals surface area (Å²) in [5, 5.41) is 0. The Balaban J connectivity index is 4.83. The number of thiol groups is 1. The molecule has 0 nitrogen and oxygen atoms in total. The van der Waals surface area contributed by atoms with E-state index in [4.69, 9.17) is 0 Å². The highest BCUT2D eigenvalue weighted by molar-refractivity contribution is 7.81. The lowest BCUT2D eigenvalue weighted by Gasteiger charge is -2.33. The molecule has 0 aromatic heterocycles. The third-order valence-corrected chi connectivity index (χ3v) is 2.54. The van der Waals surface area contributed by atoms with Crippen LogP contribution in [-0.2, 0) is 0 Å². The average Bonchev–Trinajstić information content (AvgIpc) is 2.00. The first kappa shape index (κ1) is 14.6. The third kappa shape index (κ3) is 5.88. The highest BCUT2D eigenvalue weighted by atomic mass is 32.1. The Morgan fingerprint density at radius 1 is 1.27 bits per heavy atom. The van der Waals surface area contributed by atoms with Gasteiger partial charge in [0.2, 0.25) is 0 Å². The van der Waals surface area contributed by atoms with E-state index in [1.54, 1.807) is 0 Å². The van der Waals surface area contributed by atoms with Crippen molar-refractivity contribution in [3.05, 3.63) is 36.5 Å². The average molecular weight is 224 g/mol. The summed E-state index contributed by atoms with van der Waals surface area (Å²) in [5.41, 5.74) is 1.49. The summed E-state index contributed by atoms with van der Waals surface area (Å²) in [6.45, 7) is 14.6. The van der Waals surface area contributed by atoms with Crippen molar-refractivity contribution in [1.82, 2.24) is 0 Å². The van der Waals surface area contributed by atoms with Gasteiger partial charge < -0.3 is 0 Å². The highest BCUT2D eigenvalue weighted by Gasteiger charge is 2.27. The van der Waals surface area contributed by atoms with Crippen LogP contribution in [-0.4, -0.2) is 4.75 Å². The number of hydrogen-bond acceptors (Lipinski definition) is 1. The van der Waals surface area contributed by atoms with Gasteiger partial charge in [0.05, 0.1) is 0 Å². The van der Waals surface area contributed by atoms with E-state index >= 15 is 0 Å². The van der Waals surface area contributed by atoms with Gasteiger partial charge in [0, 0.05) is 4.75 Å². The van der Waals surface area contributed by atoms with Gasteiger partial charge in [-0.3, -0.25) is 0 Å². The van der Waals surface area contributed by atoms with Crippen LogP contribution in [0, 0.1) is 5.41 Å². The van der Waals surface area contributed by atoms with E-state index in [2.05, 4.69) is 66.0 Å². The molecule has 86 valence electrons. The van der Waals surface area contributed by atoms with Gasteiger partial charge in [-0.05, 0) is 24.3 Å². The van der Waals surface area contributed by atoms with Gasteiger partial charge in [0.15, 0.2) is 0 Å². The Morgan fingerprint density at radius 3 is 2.13 bits per heavy atom. The Bertz CT molecular complexity index is 262. The molecular weight excluding hydrogens is 200 g/mol. The Labute approximate surface area is 101 Å². The van der Waals surface area contributed by atoms with Crippen molar-refractivity contribution in [1.29, 1.82) is 0 Å². The predicted octanol–water partition coefficient (Wildman–Crippen LogP) is 4.80. The minimum Gasteiger partial charge on any atom is -0.173 e. The van der Waals surface area contributed by atoms with Crippen LogP contribution in [0.3, 0.4) is 0 Å². The van der Waals surface area contributed by atoms with Crippen LogP contribution in [0.4, 0.5) is 0 Å². The molecule has 1 heteroatoms. The van der Waals surface area contributed by atoms with Crippen LogP contribution in [0.5, 0.6) is 0 Å². The minimum absolute atomic E-state index is 0.0553. The molecule has 0 aliphatic heterocycles. The summed E-state index contributed by atoms with van der Waals surface area (Å²) in [6.07, 6.45) is 9.14. The lowest BCUT2D eigenvalue weighted by atomic mass is 9.76. The van der Waals surface area contributed by atoms with Crippen LogP contribution < -0.4 is 0 Å². The zero-order valence-corrected chi connectivity index (χ0v) is 11.6. The van der Waals surface area contributed by atoms with Crippen molar-refractivity contribution in [3.8, 4) is 0 Å². The molecule has 0 spiro atoms. The van der Waals surface area contributed by atoms with Crippen LogP contribution >= 0.6 is 12.6 Å². The normalized spacial score (nSPS) is 14.7. The first-order valence-electron chi connectivity index (χ1n) is 5.41. The summed E-state index contributed by atoms with van der Waals surface area (Å²) in [7, 11) is 0. The highest BCUT2D eigenvalue weighted by Crippen LogP contribution is 2.38. The molecule has 0 bridgehead atoms. The number of hydrogen-bond donors (Lipinski definition) is 1. The number of allylic oxidation sites excluding steroid dienone is 5. The zero-order valence-electron chi connectivity index (χ0n) is 10.7. The zero-order chi connectivity index (χ0) is 12.1. The Hall–Kier alpha value is -0.430. The quantitative estimate of drug-likeness (QED) is 0.503. The van der Waals surface area contributed by atoms with Crippen LogP contribution in [0.2, 0.25) is 0 Å². The molecule has 0 aromatic rings. The fraction of sp³-hybridized carbons (Fsp3) is 0.571. The van der Waals surface area contributed by atoms with Crippen molar-refractivity contribution in [2.75, 3.05) is 0 Å². The SMILES string of the molecule is C=C/C=C\C(=C/C)C(C)(C)CC(C)(C)S. The van der Waals surface area contributed by atoms with E-state index in [1.165, 1.54) is 5.57 Å². The van der Waals surface area contributed by atoms with Crippen molar-refractivity contribution in [2.45, 2.75) is 45.8 Å². The largest absolute Gasteiger partial charge is 0.173 e. The number of rotatable bonds is 5. The van der Waals surface area contributed by atoms with E-state index in [9.17, 15) is 0 Å². The van der Waals surface area contributed by atoms with Gasteiger partial charge in [-0.2, -0.15) is 12.6 Å². The van der Waals surface area contributed by atoms with E-state index in [0.29, 0.717) is 0 Å². The second-order valence-electron chi connectivity index (χ2n) is 5.21. The molecule has 0 fully saturated rings. The van der Waals surface area contributed by atoms with Crippen molar-refractivity contribution < 1.29 is 0 Å². The van der Waals surface area contributed by atoms with Gasteiger partial charge >= 0.3 is 0 Å². The first-order valence-corrected chi connectivity index (χ1v) is 5.86. The van der Waals surface area contributed by atoms with Gasteiger partial charge in [-0.15, -0.1) is 0 Å². The van der Waals surface area contributed by atoms with Gasteiger partial charge in [-0.25, -0.2) is 0 Å². The van der Waals surface area contributed by atoms with E-state index < -0.39 is 0 Å². The summed E-state index contributed by atoms with van der Waals surface area (Å²) >= 11 is 4.60. The summed E-state index contributed by atoms with van der Waals surface area (Å²) in [6, 6.07) is 0. The van der Waals surface area contributed by atoms with Crippen LogP contribution in [0.25, 0.3) is 0 Å². The molecule has 0 N–H and O–H groups in total. The van der Waals surface area contributed by atoms with Crippen LogP contribution in [0.15, 0.2) is 36.5 Å². The molecule has 0 aliphatic rings. The van der Waals surface area contributed by atoms with E-state index in [0.717, 1.165) is 6.42 Å². The fourth-order valence-corrected chi connectivity index (χ4v) is 2.46. The third-order valence-electron chi connectivity index (χ3n) is 2.38. The standard InChI is InChI=1S/C14H24S/c1-7-9-10-12(8-2)13(3,4)11-14(5,6)15/h7-10,15H,1,11H2,2-6H3/b10-9-,12-8+. The van der Waals surface area contributed by atoms with E-state index in [-0.39, 0.29) is 10.2 Å². The summed E-state index contributed by atoms with van der Waals surface area (Å²) in [5.74, 6) is 0. The molecular formula is C14H24S. The van der Waals surface area contributed by atoms with Gasteiger partial charge in [0.1, 0.15) is 0 Å². The van der Waals surface area contributed by atoms with Crippen molar-refractivity contribution in [2.24, 2.45) is 5.41 Å². The summed E-state index contributed by atoms with van der Waals surface area (Å²) in [4.78, 5) is 0. The molecule has 15 heavy (non-hydrogen) atoms. The van der Waals surface area contributed by atoms with Crippen molar-refractivity contribution in [3.63, 3.8) is 0 Å². The molecule has 0 heterocycles. The van der Waals surface area contributed by atoms with Crippen LogP contribution in [0.1, 0.15) is 41.0 Å². The monoisotopic (exact) mass is 224 g/mol. The molecule has 0 atom stereocenters. The molecule has 0 aromatic carbocycles. The fourth-order valence-electron chi connectivity index (χ4n) is 2.07. The lowest BCUT2D eigenvalue weighted by Crippen LogP contribution is -2.24. The Morgan fingerprint density at radius 2 is 1.80 bits per heavy atom. The molecule has 0 rings (SSSR count). The second kappa shape index (κ2) is 5.60. The smallest absolute Gasteiger partial charge is 0.00814 e. The maximum Gasteiger partial charge on any atom is 0.00814 e. The van der Waals surface area contributed by atoms with Gasteiger partial charge in [-0.1, -0.05) is 58.6 Å². The molecule has 0 unspecified atom stereocenters. The molecule has 0 saturated heterocycles. The molecule has 0 radical (unpaired) electrons. The second-order valence-corrected chi connectivity index (χ2v) is 6.42. The topological polar surface area (TPSA) is 0 Å². The molecule has 0 saturated carbocycles. The van der Waals surface area contributed by atoms with Gasteiger partial charge in [0.25, 0.3) is 0 Å². The maximum absolute atomic E-state index is 4.60. The predicted molar refractivity (Wildman–Crippen MR) is 74.6 cm³/mol.